The maximum absolute atomic E-state index is 13.4. The van der Waals surface area contributed by atoms with E-state index in [0.717, 1.165) is 5.39 Å². The summed E-state index contributed by atoms with van der Waals surface area (Å²) >= 11 is 5.88. The first-order valence-corrected chi connectivity index (χ1v) is 9.89. The van der Waals surface area contributed by atoms with E-state index in [1.165, 1.54) is 31.3 Å². The maximum atomic E-state index is 13.4. The molecule has 29 heavy (non-hydrogen) atoms. The minimum absolute atomic E-state index is 0.0251. The van der Waals surface area contributed by atoms with Crippen molar-refractivity contribution >= 4 is 34.0 Å². The Labute approximate surface area is 172 Å². The lowest BCUT2D eigenvalue weighted by Gasteiger charge is -2.15. The molecule has 6 nitrogen and oxygen atoms in total. The summed E-state index contributed by atoms with van der Waals surface area (Å²) in [6.45, 7) is 1.06. The first-order chi connectivity index (χ1) is 14.1. The molecule has 1 heterocycles. The molecule has 0 radical (unpaired) electrons. The summed E-state index contributed by atoms with van der Waals surface area (Å²) in [5.74, 6) is 1.85. The van der Waals surface area contributed by atoms with Crippen molar-refractivity contribution < 1.29 is 19.0 Å². The van der Waals surface area contributed by atoms with Crippen molar-refractivity contribution in [2.24, 2.45) is 5.92 Å². The lowest BCUT2D eigenvalue weighted by molar-refractivity contribution is 0.221. The highest BCUT2D eigenvalue weighted by Crippen LogP contribution is 2.37. The van der Waals surface area contributed by atoms with Crippen LogP contribution in [0.5, 0.6) is 11.5 Å². The lowest BCUT2D eigenvalue weighted by atomic mass is 10.2. The standard InChI is InChI=1S/C21H21ClFN3O3/c22-16-8-14(4-5-17(16)23)26-21-15-9-19(28-7-1-6-27)20(29-11-13-2-3-13)10-18(15)24-12-25-21/h4-5,8-10,12-13,27H,1-3,6-7,11H2,(H,24,25,26). The SMILES string of the molecule is OCCCOc1cc2c(Nc3ccc(F)c(Cl)c3)ncnc2cc1OCC1CC1. The van der Waals surface area contributed by atoms with Crippen molar-refractivity contribution in [3.8, 4) is 11.5 Å². The van der Waals surface area contributed by atoms with Crippen LogP contribution in [0.4, 0.5) is 15.9 Å². The fourth-order valence-electron chi connectivity index (χ4n) is 2.84. The van der Waals surface area contributed by atoms with Crippen molar-refractivity contribution in [1.82, 2.24) is 9.97 Å². The van der Waals surface area contributed by atoms with Gasteiger partial charge in [-0.1, -0.05) is 11.6 Å². The van der Waals surface area contributed by atoms with Gasteiger partial charge in [-0.25, -0.2) is 14.4 Å². The third kappa shape index (κ3) is 4.86. The minimum atomic E-state index is -0.484. The normalized spacial score (nSPS) is 13.5. The summed E-state index contributed by atoms with van der Waals surface area (Å²) in [5, 5.41) is 12.9. The Morgan fingerprint density at radius 1 is 1.14 bits per heavy atom. The Balaban J connectivity index is 1.66. The lowest BCUT2D eigenvalue weighted by Crippen LogP contribution is -2.05. The summed E-state index contributed by atoms with van der Waals surface area (Å²) in [4.78, 5) is 8.65. The first kappa shape index (κ1) is 19.7. The Morgan fingerprint density at radius 3 is 2.72 bits per heavy atom. The first-order valence-electron chi connectivity index (χ1n) is 9.51. The van der Waals surface area contributed by atoms with Crippen molar-refractivity contribution in [3.63, 3.8) is 0 Å². The third-order valence-corrected chi connectivity index (χ3v) is 4.90. The Kier molecular flexibility index (Phi) is 5.97. The van der Waals surface area contributed by atoms with Crippen LogP contribution in [0, 0.1) is 11.7 Å². The van der Waals surface area contributed by atoms with Crippen molar-refractivity contribution in [3.05, 3.63) is 47.5 Å². The van der Waals surface area contributed by atoms with Crippen LogP contribution in [0.2, 0.25) is 5.02 Å². The molecule has 2 N–H and O–H groups in total. The van der Waals surface area contributed by atoms with Crippen LogP contribution < -0.4 is 14.8 Å². The highest BCUT2D eigenvalue weighted by atomic mass is 35.5. The van der Waals surface area contributed by atoms with E-state index in [1.54, 1.807) is 6.07 Å². The van der Waals surface area contributed by atoms with Gasteiger partial charge in [0.05, 0.1) is 23.8 Å². The number of benzene rings is 2. The topological polar surface area (TPSA) is 76.5 Å². The van der Waals surface area contributed by atoms with Crippen LogP contribution >= 0.6 is 11.6 Å². The number of ether oxygens (including phenoxy) is 2. The highest BCUT2D eigenvalue weighted by Gasteiger charge is 2.23. The number of halogens is 2. The van der Waals surface area contributed by atoms with Crippen LogP contribution in [0.15, 0.2) is 36.7 Å². The molecule has 0 atom stereocenters. The maximum Gasteiger partial charge on any atom is 0.163 e. The molecule has 152 valence electrons. The summed E-state index contributed by atoms with van der Waals surface area (Å²) in [6, 6.07) is 8.03. The van der Waals surface area contributed by atoms with Crippen LogP contribution in [0.1, 0.15) is 19.3 Å². The van der Waals surface area contributed by atoms with Gasteiger partial charge in [-0.15, -0.1) is 0 Å². The molecule has 1 aromatic heterocycles. The van der Waals surface area contributed by atoms with E-state index in [4.69, 9.17) is 26.2 Å². The van der Waals surface area contributed by atoms with Gasteiger partial charge < -0.3 is 19.9 Å². The monoisotopic (exact) mass is 417 g/mol. The summed E-state index contributed by atoms with van der Waals surface area (Å²) in [6.07, 6.45) is 4.34. The van der Waals surface area contributed by atoms with Gasteiger partial charge in [0.25, 0.3) is 0 Å². The van der Waals surface area contributed by atoms with E-state index in [1.807, 2.05) is 12.1 Å². The molecule has 8 heteroatoms. The molecule has 0 aliphatic heterocycles. The quantitative estimate of drug-likeness (QED) is 0.491. The predicted molar refractivity (Wildman–Crippen MR) is 110 cm³/mol. The van der Waals surface area contributed by atoms with Gasteiger partial charge >= 0.3 is 0 Å². The molecular formula is C21H21ClFN3O3. The van der Waals surface area contributed by atoms with E-state index in [-0.39, 0.29) is 11.6 Å². The summed E-state index contributed by atoms with van der Waals surface area (Å²) in [7, 11) is 0. The smallest absolute Gasteiger partial charge is 0.163 e. The van der Waals surface area contributed by atoms with Crippen molar-refractivity contribution in [1.29, 1.82) is 0 Å². The van der Waals surface area contributed by atoms with E-state index in [2.05, 4.69) is 15.3 Å². The van der Waals surface area contributed by atoms with E-state index in [0.29, 0.717) is 54.1 Å². The van der Waals surface area contributed by atoms with Gasteiger partial charge in [-0.05, 0) is 43.0 Å². The fraction of sp³-hybridized carbons (Fsp3) is 0.333. The Bertz CT molecular complexity index is 1010. The number of aromatic nitrogens is 2. The molecule has 4 rings (SSSR count). The molecule has 0 spiro atoms. The number of nitrogens with one attached hydrogen (secondary N) is 1. The zero-order valence-corrected chi connectivity index (χ0v) is 16.5. The van der Waals surface area contributed by atoms with E-state index < -0.39 is 5.82 Å². The van der Waals surface area contributed by atoms with Crippen LogP contribution in [0.25, 0.3) is 10.9 Å². The van der Waals surface area contributed by atoms with Gasteiger partial charge in [-0.2, -0.15) is 0 Å². The second kappa shape index (κ2) is 8.80. The average molecular weight is 418 g/mol. The van der Waals surface area contributed by atoms with Gasteiger partial charge in [0.1, 0.15) is 18.0 Å². The Morgan fingerprint density at radius 2 is 1.97 bits per heavy atom. The number of rotatable bonds is 9. The number of aliphatic hydroxyl groups excluding tert-OH is 1. The molecule has 2 aromatic carbocycles. The number of hydrogen-bond donors (Lipinski definition) is 2. The molecule has 1 aliphatic carbocycles. The van der Waals surface area contributed by atoms with Gasteiger partial charge in [0.2, 0.25) is 0 Å². The fourth-order valence-corrected chi connectivity index (χ4v) is 3.02. The molecule has 3 aromatic rings. The zero-order chi connectivity index (χ0) is 20.2. The van der Waals surface area contributed by atoms with Crippen LogP contribution in [-0.4, -0.2) is 34.9 Å². The second-order valence-corrected chi connectivity index (χ2v) is 7.38. The second-order valence-electron chi connectivity index (χ2n) is 6.97. The number of hydrogen-bond acceptors (Lipinski definition) is 6. The minimum Gasteiger partial charge on any atom is -0.490 e. The average Bonchev–Trinajstić information content (AvgIpc) is 3.54. The molecule has 0 bridgehead atoms. The van der Waals surface area contributed by atoms with Crippen LogP contribution in [0.3, 0.4) is 0 Å². The Hall–Kier alpha value is -2.64. The van der Waals surface area contributed by atoms with E-state index >= 15 is 0 Å². The van der Waals surface area contributed by atoms with Crippen molar-refractivity contribution in [2.75, 3.05) is 25.1 Å². The van der Waals surface area contributed by atoms with Gasteiger partial charge in [0, 0.05) is 30.2 Å². The van der Waals surface area contributed by atoms with Crippen LogP contribution in [-0.2, 0) is 0 Å². The highest BCUT2D eigenvalue weighted by molar-refractivity contribution is 6.31. The number of aliphatic hydroxyl groups is 1. The number of fused-ring (bicyclic) bond motifs is 1. The predicted octanol–water partition coefficient (Wildman–Crippen LogP) is 4.72. The van der Waals surface area contributed by atoms with E-state index in [9.17, 15) is 4.39 Å². The molecule has 1 fully saturated rings. The molecule has 1 aliphatic rings. The summed E-state index contributed by atoms with van der Waals surface area (Å²) < 4.78 is 25.2. The molecular weight excluding hydrogens is 397 g/mol. The number of nitrogens with zero attached hydrogens (tertiary/aromatic N) is 2. The van der Waals surface area contributed by atoms with Crippen molar-refractivity contribution in [2.45, 2.75) is 19.3 Å². The van der Waals surface area contributed by atoms with Gasteiger partial charge in [-0.3, -0.25) is 0 Å². The number of anilines is 2. The molecule has 0 saturated heterocycles. The van der Waals surface area contributed by atoms with Gasteiger partial charge in [0.15, 0.2) is 11.5 Å². The largest absolute Gasteiger partial charge is 0.490 e. The molecule has 1 saturated carbocycles. The third-order valence-electron chi connectivity index (χ3n) is 4.61. The summed E-state index contributed by atoms with van der Waals surface area (Å²) in [5.41, 5.74) is 1.30. The molecule has 0 unspecified atom stereocenters. The zero-order valence-electron chi connectivity index (χ0n) is 15.7. The molecule has 0 amide bonds.